The van der Waals surface area contributed by atoms with E-state index in [4.69, 9.17) is 14.2 Å². The molecule has 4 aliphatic rings. The summed E-state index contributed by atoms with van der Waals surface area (Å²) in [5.74, 6) is 4.19. The molecule has 0 aliphatic heterocycles. The predicted octanol–water partition coefficient (Wildman–Crippen LogP) is 5.04. The number of fused-ring (bicyclic) bond motifs is 5. The molecule has 7 nitrogen and oxygen atoms in total. The van der Waals surface area contributed by atoms with Crippen LogP contribution in [0.1, 0.15) is 156 Å². The summed E-state index contributed by atoms with van der Waals surface area (Å²) < 4.78 is 20.6. The van der Waals surface area contributed by atoms with Gasteiger partial charge >= 0.3 is 0 Å². The molecular weight excluding hydrogens is 620 g/mol. The molecule has 4 rings (SSSR count). The average molecular weight is 709 g/mol. The van der Waals surface area contributed by atoms with E-state index in [0.717, 1.165) is 70.6 Å². The third-order valence-electron chi connectivity index (χ3n) is 15.0. The van der Waals surface area contributed by atoms with Crippen molar-refractivity contribution in [3.8, 4) is 0 Å². The standard InChI is InChI=1S/C43H84N4O3/c1-5-6-7-8-9-10-11-12-25-47-26-13-17-33(2)36-18-19-37-41-38(32-40(43(36,37)4)50-29-16-24-46)42(3)21-20-35(48-27-14-22-44)30-34(42)31-39(41)49-28-15-23-45/h33-41,47H,5-32,44-46H2,1-4H3/p+4/t33-,34+,35-,36-,37+,38+,39-,40+,41+,42+,43-/m1/s1. The molecule has 0 aromatic heterocycles. The number of hydrogen-bond acceptors (Lipinski definition) is 3. The lowest BCUT2D eigenvalue weighted by Gasteiger charge is -2.65. The van der Waals surface area contributed by atoms with Crippen LogP contribution in [0.4, 0.5) is 0 Å². The van der Waals surface area contributed by atoms with Gasteiger partial charge in [-0.3, -0.25) is 0 Å². The van der Waals surface area contributed by atoms with Crippen LogP contribution in [-0.4, -0.2) is 70.9 Å². The Bertz CT molecular complexity index is 909. The van der Waals surface area contributed by atoms with Gasteiger partial charge < -0.3 is 36.7 Å². The van der Waals surface area contributed by atoms with Crippen molar-refractivity contribution in [3.05, 3.63) is 0 Å². The van der Waals surface area contributed by atoms with Crippen molar-refractivity contribution >= 4 is 0 Å². The summed E-state index contributed by atoms with van der Waals surface area (Å²) in [5.41, 5.74) is 12.9. The van der Waals surface area contributed by atoms with E-state index in [1.54, 1.807) is 0 Å². The summed E-state index contributed by atoms with van der Waals surface area (Å²) >= 11 is 0. The van der Waals surface area contributed by atoms with Gasteiger partial charge in [-0.15, -0.1) is 0 Å². The van der Waals surface area contributed by atoms with E-state index < -0.39 is 0 Å². The highest BCUT2D eigenvalue weighted by Crippen LogP contribution is 2.69. The van der Waals surface area contributed by atoms with Crippen LogP contribution in [-0.2, 0) is 14.2 Å². The van der Waals surface area contributed by atoms with Crippen molar-refractivity contribution in [2.45, 2.75) is 174 Å². The number of quaternary nitrogens is 4. The summed E-state index contributed by atoms with van der Waals surface area (Å²) in [4.78, 5) is 0. The first-order chi connectivity index (χ1) is 24.3. The van der Waals surface area contributed by atoms with E-state index >= 15 is 0 Å². The van der Waals surface area contributed by atoms with Gasteiger partial charge in [-0.2, -0.15) is 0 Å². The molecule has 0 unspecified atom stereocenters. The Morgan fingerprint density at radius 1 is 0.680 bits per heavy atom. The lowest BCUT2D eigenvalue weighted by molar-refractivity contribution is -0.655. The van der Waals surface area contributed by atoms with E-state index in [1.807, 2.05) is 0 Å². The molecule has 0 heterocycles. The van der Waals surface area contributed by atoms with Crippen LogP contribution in [0.15, 0.2) is 0 Å². The normalized spacial score (nSPS) is 35.8. The third-order valence-corrected chi connectivity index (χ3v) is 15.0. The highest BCUT2D eigenvalue weighted by molar-refractivity contribution is 5.15. The number of rotatable bonds is 26. The quantitative estimate of drug-likeness (QED) is 0.0942. The highest BCUT2D eigenvalue weighted by atomic mass is 16.5. The number of unbranched alkanes of at least 4 members (excludes halogenated alkanes) is 7. The first-order valence-electron chi connectivity index (χ1n) is 22.4. The first kappa shape index (κ1) is 42.5. The molecule has 0 saturated heterocycles. The molecule has 0 spiro atoms. The molecule has 4 aliphatic carbocycles. The van der Waals surface area contributed by atoms with Crippen LogP contribution in [0.5, 0.6) is 0 Å². The van der Waals surface area contributed by atoms with Gasteiger partial charge in [-0.25, -0.2) is 0 Å². The van der Waals surface area contributed by atoms with E-state index in [9.17, 15) is 0 Å². The molecule has 0 radical (unpaired) electrons. The average Bonchev–Trinajstić information content (AvgIpc) is 3.47. The minimum Gasteiger partial charge on any atom is -0.378 e. The number of nitrogens with two attached hydrogens (primary N) is 1. The number of hydrogen-bond donors (Lipinski definition) is 4. The maximum absolute atomic E-state index is 7.11. The minimum atomic E-state index is 0.230. The van der Waals surface area contributed by atoms with Crippen LogP contribution in [0.25, 0.3) is 0 Å². The van der Waals surface area contributed by atoms with Gasteiger partial charge in [0, 0.05) is 24.7 Å². The molecule has 294 valence electrons. The summed E-state index contributed by atoms with van der Waals surface area (Å²) in [6.45, 7) is 18.4. The van der Waals surface area contributed by atoms with Gasteiger partial charge in [0.1, 0.15) is 0 Å². The molecule has 11 N–H and O–H groups in total. The second-order valence-electron chi connectivity index (χ2n) is 18.1. The Kier molecular flexibility index (Phi) is 18.8. The van der Waals surface area contributed by atoms with Gasteiger partial charge in [0.25, 0.3) is 0 Å². The maximum Gasteiger partial charge on any atom is 0.0762 e. The fourth-order valence-corrected chi connectivity index (χ4v) is 12.0. The van der Waals surface area contributed by atoms with Gasteiger partial charge in [0.15, 0.2) is 0 Å². The molecule has 4 fully saturated rings. The van der Waals surface area contributed by atoms with E-state index in [2.05, 4.69) is 50.2 Å². The highest BCUT2D eigenvalue weighted by Gasteiger charge is 2.66. The van der Waals surface area contributed by atoms with Crippen LogP contribution < -0.4 is 22.5 Å². The van der Waals surface area contributed by atoms with Crippen LogP contribution >= 0.6 is 0 Å². The molecule has 50 heavy (non-hydrogen) atoms. The van der Waals surface area contributed by atoms with Crippen molar-refractivity contribution in [2.75, 3.05) is 52.5 Å². The van der Waals surface area contributed by atoms with Crippen molar-refractivity contribution in [1.82, 2.24) is 0 Å². The van der Waals surface area contributed by atoms with E-state index in [0.29, 0.717) is 47.4 Å². The van der Waals surface area contributed by atoms with Crippen molar-refractivity contribution in [3.63, 3.8) is 0 Å². The Morgan fingerprint density at radius 2 is 1.32 bits per heavy atom. The Morgan fingerprint density at radius 3 is 2.02 bits per heavy atom. The molecular formula is C43H88N4O3+4. The van der Waals surface area contributed by atoms with Crippen molar-refractivity contribution in [1.29, 1.82) is 0 Å². The molecule has 0 bridgehead atoms. The zero-order valence-electron chi connectivity index (χ0n) is 33.9. The van der Waals surface area contributed by atoms with E-state index in [1.165, 1.54) is 122 Å². The molecule has 7 heteroatoms. The largest absolute Gasteiger partial charge is 0.378 e. The zero-order valence-corrected chi connectivity index (χ0v) is 33.9. The van der Waals surface area contributed by atoms with Crippen molar-refractivity contribution < 1.29 is 36.7 Å². The van der Waals surface area contributed by atoms with Gasteiger partial charge in [0.05, 0.1) is 70.9 Å². The fourth-order valence-electron chi connectivity index (χ4n) is 12.0. The lowest BCUT2D eigenvalue weighted by Crippen LogP contribution is -2.84. The second kappa shape index (κ2) is 22.2. The molecule has 0 aromatic carbocycles. The molecule has 11 atom stereocenters. The van der Waals surface area contributed by atoms with E-state index in [-0.39, 0.29) is 5.41 Å². The third kappa shape index (κ3) is 10.9. The van der Waals surface area contributed by atoms with Gasteiger partial charge in [-0.1, -0.05) is 66.2 Å². The van der Waals surface area contributed by atoms with Gasteiger partial charge in [-0.05, 0) is 112 Å². The first-order valence-corrected chi connectivity index (χ1v) is 22.4. The summed E-state index contributed by atoms with van der Waals surface area (Å²) in [7, 11) is 0. The predicted molar refractivity (Wildman–Crippen MR) is 205 cm³/mol. The summed E-state index contributed by atoms with van der Waals surface area (Å²) in [6.07, 6.45) is 27.3. The topological polar surface area (TPSA) is 127 Å². The van der Waals surface area contributed by atoms with Crippen LogP contribution in [0, 0.1) is 46.3 Å². The Labute approximate surface area is 309 Å². The van der Waals surface area contributed by atoms with Gasteiger partial charge in [0.2, 0.25) is 0 Å². The van der Waals surface area contributed by atoms with Crippen molar-refractivity contribution in [2.24, 2.45) is 46.3 Å². The molecule has 4 saturated carbocycles. The van der Waals surface area contributed by atoms with Crippen LogP contribution in [0.3, 0.4) is 0 Å². The SMILES string of the molecule is CCCCCCCCCC[NH2+]CCC[C@@H](C)[C@H]1CC[C@H]2[C@@H]3[C@H](OCCC[NH3+])C[C@@H]4C[C@H](OCCC[NH3+])CC[C@]4(C)[C@H]3C[C@H](OCCC[NH3+])[C@]12C. The monoisotopic (exact) mass is 709 g/mol. The lowest BCUT2D eigenvalue weighted by atomic mass is 9.43. The minimum absolute atomic E-state index is 0.230. The molecule has 0 amide bonds. The Hall–Kier alpha value is -0.280. The smallest absolute Gasteiger partial charge is 0.0762 e. The van der Waals surface area contributed by atoms with Crippen LogP contribution in [0.2, 0.25) is 0 Å². The summed E-state index contributed by atoms with van der Waals surface area (Å²) in [5, 5.41) is 2.62. The fraction of sp³-hybridized carbons (Fsp3) is 1.00. The molecule has 0 aromatic rings. The zero-order chi connectivity index (χ0) is 35.8. The maximum atomic E-state index is 7.11. The Balaban J connectivity index is 1.41. The summed E-state index contributed by atoms with van der Waals surface area (Å²) in [6, 6.07) is 0. The number of ether oxygens (including phenoxy) is 3. The second-order valence-corrected chi connectivity index (χ2v) is 18.1.